The zero-order valence-electron chi connectivity index (χ0n) is 11.1. The number of hydrogen-bond donors (Lipinski definition) is 2. The van der Waals surface area contributed by atoms with E-state index in [2.05, 4.69) is 26.8 Å². The maximum Gasteiger partial charge on any atom is 0.118 e. The van der Waals surface area contributed by atoms with E-state index < -0.39 is 0 Å². The molecule has 2 rings (SSSR count). The summed E-state index contributed by atoms with van der Waals surface area (Å²) in [4.78, 5) is 0. The van der Waals surface area contributed by atoms with E-state index in [1.807, 2.05) is 12.1 Å². The van der Waals surface area contributed by atoms with E-state index in [9.17, 15) is 5.11 Å². The number of aromatic hydroxyl groups is 1. The summed E-state index contributed by atoms with van der Waals surface area (Å²) in [6.45, 7) is 6.66. The molecule has 0 atom stereocenters. The molecule has 3 N–H and O–H groups in total. The minimum absolute atomic E-state index is 0.0491. The molecule has 1 aliphatic carbocycles. The molecule has 0 heterocycles. The molecule has 94 valence electrons. The molecule has 17 heavy (non-hydrogen) atoms. The van der Waals surface area contributed by atoms with E-state index in [-0.39, 0.29) is 11.0 Å². The molecule has 0 spiro atoms. The average Bonchev–Trinajstić information content (AvgIpc) is 2.99. The Labute approximate surface area is 104 Å². The van der Waals surface area contributed by atoms with Gasteiger partial charge in [-0.1, -0.05) is 32.9 Å². The van der Waals surface area contributed by atoms with E-state index in [4.69, 9.17) is 5.73 Å². The van der Waals surface area contributed by atoms with Gasteiger partial charge in [-0.05, 0) is 48.3 Å². The van der Waals surface area contributed by atoms with Gasteiger partial charge in [0.1, 0.15) is 5.75 Å². The van der Waals surface area contributed by atoms with Gasteiger partial charge in [-0.2, -0.15) is 0 Å². The van der Waals surface area contributed by atoms with Crippen LogP contribution in [0.4, 0.5) is 0 Å². The fourth-order valence-corrected chi connectivity index (χ4v) is 2.07. The second-order valence-corrected chi connectivity index (χ2v) is 6.12. The predicted molar refractivity (Wildman–Crippen MR) is 71.3 cm³/mol. The van der Waals surface area contributed by atoms with Crippen LogP contribution in [-0.2, 0) is 11.8 Å². The van der Waals surface area contributed by atoms with Gasteiger partial charge in [0.05, 0.1) is 0 Å². The van der Waals surface area contributed by atoms with Crippen molar-refractivity contribution < 1.29 is 5.11 Å². The molecule has 1 aromatic carbocycles. The van der Waals surface area contributed by atoms with Gasteiger partial charge in [-0.3, -0.25) is 0 Å². The summed E-state index contributed by atoms with van der Waals surface area (Å²) in [5, 5.41) is 9.91. The Bertz CT molecular complexity index is 419. The third-order valence-electron chi connectivity index (χ3n) is 4.18. The van der Waals surface area contributed by atoms with Crippen molar-refractivity contribution in [2.75, 3.05) is 0 Å². The van der Waals surface area contributed by atoms with Gasteiger partial charge in [0.2, 0.25) is 0 Å². The van der Waals surface area contributed by atoms with E-state index in [0.717, 1.165) is 31.2 Å². The molecule has 2 nitrogen and oxygen atoms in total. The van der Waals surface area contributed by atoms with Crippen LogP contribution in [0.5, 0.6) is 5.75 Å². The minimum Gasteiger partial charge on any atom is -0.508 e. The van der Waals surface area contributed by atoms with E-state index >= 15 is 0 Å². The van der Waals surface area contributed by atoms with E-state index in [1.54, 1.807) is 0 Å². The largest absolute Gasteiger partial charge is 0.508 e. The molecule has 0 radical (unpaired) electrons. The van der Waals surface area contributed by atoms with Crippen molar-refractivity contribution in [1.82, 2.24) is 0 Å². The third-order valence-corrected chi connectivity index (χ3v) is 4.18. The Morgan fingerprint density at radius 2 is 2.00 bits per heavy atom. The van der Waals surface area contributed by atoms with Gasteiger partial charge >= 0.3 is 0 Å². The highest BCUT2D eigenvalue weighted by molar-refractivity contribution is 5.40. The molecule has 0 saturated heterocycles. The van der Waals surface area contributed by atoms with Crippen molar-refractivity contribution in [1.29, 1.82) is 0 Å². The van der Waals surface area contributed by atoms with Crippen molar-refractivity contribution in [3.63, 3.8) is 0 Å². The number of rotatable bonds is 4. The lowest BCUT2D eigenvalue weighted by atomic mass is 9.81. The summed E-state index contributed by atoms with van der Waals surface area (Å²) in [7, 11) is 0. The van der Waals surface area contributed by atoms with Gasteiger partial charge in [0.25, 0.3) is 0 Å². The Kier molecular flexibility index (Phi) is 2.94. The first-order valence-corrected chi connectivity index (χ1v) is 6.48. The Morgan fingerprint density at radius 1 is 1.35 bits per heavy atom. The average molecular weight is 233 g/mol. The lowest BCUT2D eigenvalue weighted by Crippen LogP contribution is -2.25. The first-order chi connectivity index (χ1) is 7.86. The fourth-order valence-electron chi connectivity index (χ4n) is 2.07. The minimum atomic E-state index is -0.0491. The molecule has 1 saturated carbocycles. The second-order valence-electron chi connectivity index (χ2n) is 6.12. The SMILES string of the molecule is CCC(C)(C)c1ccc(O)c(CC2(N)CC2)c1. The standard InChI is InChI=1S/C15H23NO/c1-4-14(2,3)12-5-6-13(17)11(9-12)10-15(16)7-8-15/h5-6,9,17H,4,7-8,10,16H2,1-3H3. The summed E-state index contributed by atoms with van der Waals surface area (Å²) in [5.74, 6) is 0.386. The summed E-state index contributed by atoms with van der Waals surface area (Å²) in [6, 6.07) is 5.97. The molecular formula is C15H23NO. The van der Waals surface area contributed by atoms with Crippen LogP contribution in [0.25, 0.3) is 0 Å². The van der Waals surface area contributed by atoms with E-state index in [1.165, 1.54) is 5.56 Å². The fraction of sp³-hybridized carbons (Fsp3) is 0.600. The lowest BCUT2D eigenvalue weighted by Gasteiger charge is -2.24. The van der Waals surface area contributed by atoms with Crippen LogP contribution in [0.1, 0.15) is 51.2 Å². The number of hydrogen-bond acceptors (Lipinski definition) is 2. The quantitative estimate of drug-likeness (QED) is 0.839. The monoisotopic (exact) mass is 233 g/mol. The number of phenols is 1. The van der Waals surface area contributed by atoms with Crippen molar-refractivity contribution in [3.8, 4) is 5.75 Å². The van der Waals surface area contributed by atoms with Crippen LogP contribution < -0.4 is 5.73 Å². The van der Waals surface area contributed by atoms with Gasteiger partial charge in [-0.15, -0.1) is 0 Å². The van der Waals surface area contributed by atoms with Crippen molar-refractivity contribution >= 4 is 0 Å². The first-order valence-electron chi connectivity index (χ1n) is 6.48. The van der Waals surface area contributed by atoms with Gasteiger partial charge in [0.15, 0.2) is 0 Å². The predicted octanol–water partition coefficient (Wildman–Crippen LogP) is 3.11. The molecular weight excluding hydrogens is 210 g/mol. The Hall–Kier alpha value is -1.02. The summed E-state index contributed by atoms with van der Waals surface area (Å²) < 4.78 is 0. The number of phenolic OH excluding ortho intramolecular Hbond substituents is 1. The van der Waals surface area contributed by atoms with Crippen LogP contribution in [0.15, 0.2) is 18.2 Å². The molecule has 1 aromatic rings. The molecule has 0 bridgehead atoms. The van der Waals surface area contributed by atoms with Crippen LogP contribution in [0, 0.1) is 0 Å². The van der Waals surface area contributed by atoms with E-state index in [0.29, 0.717) is 5.75 Å². The molecule has 0 aliphatic heterocycles. The number of nitrogens with two attached hydrogens (primary N) is 1. The van der Waals surface area contributed by atoms with Crippen LogP contribution >= 0.6 is 0 Å². The maximum atomic E-state index is 9.91. The summed E-state index contributed by atoms with van der Waals surface area (Å²) in [6.07, 6.45) is 4.04. The molecule has 1 fully saturated rings. The van der Waals surface area contributed by atoms with Gasteiger partial charge < -0.3 is 10.8 Å². The highest BCUT2D eigenvalue weighted by Gasteiger charge is 2.38. The maximum absolute atomic E-state index is 9.91. The molecule has 0 aromatic heterocycles. The van der Waals surface area contributed by atoms with Crippen molar-refractivity contribution in [2.45, 2.75) is 57.4 Å². The second kappa shape index (κ2) is 4.02. The lowest BCUT2D eigenvalue weighted by molar-refractivity contribution is 0.459. The summed E-state index contributed by atoms with van der Waals surface area (Å²) in [5.41, 5.74) is 8.53. The number of benzene rings is 1. The zero-order chi connectivity index (χ0) is 12.7. The van der Waals surface area contributed by atoms with Crippen molar-refractivity contribution in [3.05, 3.63) is 29.3 Å². The van der Waals surface area contributed by atoms with Crippen molar-refractivity contribution in [2.24, 2.45) is 5.73 Å². The van der Waals surface area contributed by atoms with Crippen LogP contribution in [0.2, 0.25) is 0 Å². The highest BCUT2D eigenvalue weighted by atomic mass is 16.3. The smallest absolute Gasteiger partial charge is 0.118 e. The van der Waals surface area contributed by atoms with Crippen LogP contribution in [-0.4, -0.2) is 10.6 Å². The first kappa shape index (κ1) is 12.4. The zero-order valence-corrected chi connectivity index (χ0v) is 11.1. The van der Waals surface area contributed by atoms with Gasteiger partial charge in [0, 0.05) is 5.54 Å². The highest BCUT2D eigenvalue weighted by Crippen LogP contribution is 2.39. The third kappa shape index (κ3) is 2.63. The topological polar surface area (TPSA) is 46.2 Å². The molecule has 0 amide bonds. The Balaban J connectivity index is 2.29. The molecule has 2 heteroatoms. The molecule has 1 aliphatic rings. The summed E-state index contributed by atoms with van der Waals surface area (Å²) >= 11 is 0. The molecule has 0 unspecified atom stereocenters. The Morgan fingerprint density at radius 3 is 2.53 bits per heavy atom. The normalized spacial score (nSPS) is 18.1. The van der Waals surface area contributed by atoms with Gasteiger partial charge in [-0.25, -0.2) is 0 Å². The van der Waals surface area contributed by atoms with Crippen LogP contribution in [0.3, 0.4) is 0 Å².